The molecule has 110 valence electrons. The molecule has 1 rings (SSSR count). The molecule has 0 heterocycles. The highest BCUT2D eigenvalue weighted by molar-refractivity contribution is 5.69. The molecule has 2 atom stereocenters. The number of allylic oxidation sites excluding steroid dienone is 1. The normalized spacial score (nSPS) is 13.5. The lowest BCUT2D eigenvalue weighted by molar-refractivity contribution is -0.149. The van der Waals surface area contributed by atoms with Gasteiger partial charge < -0.3 is 9.47 Å². The minimum absolute atomic E-state index is 0.105. The van der Waals surface area contributed by atoms with Crippen molar-refractivity contribution in [3.63, 3.8) is 0 Å². The quantitative estimate of drug-likeness (QED) is 0.512. The van der Waals surface area contributed by atoms with Gasteiger partial charge >= 0.3 is 5.97 Å². The topological polar surface area (TPSA) is 35.5 Å². The lowest BCUT2D eigenvalue weighted by atomic mass is 9.94. The van der Waals surface area contributed by atoms with E-state index in [0.29, 0.717) is 18.9 Å². The van der Waals surface area contributed by atoms with Crippen molar-refractivity contribution >= 4 is 5.97 Å². The molecule has 0 aromatic heterocycles. The third-order valence-corrected chi connectivity index (χ3v) is 3.15. The smallest absolute Gasteiger partial charge is 0.308 e. The van der Waals surface area contributed by atoms with Gasteiger partial charge in [-0.2, -0.15) is 0 Å². The SMILES string of the molecule is C=C[C@H](Cc1ccccc1)C[C@H](C)OC(=O)CCOC. The number of esters is 1. The van der Waals surface area contributed by atoms with Crippen LogP contribution in [0.4, 0.5) is 0 Å². The minimum atomic E-state index is -0.207. The number of carbonyl (C=O) groups is 1. The van der Waals surface area contributed by atoms with Gasteiger partial charge in [0, 0.05) is 7.11 Å². The number of rotatable bonds is 9. The van der Waals surface area contributed by atoms with Crippen molar-refractivity contribution in [1.29, 1.82) is 0 Å². The maximum Gasteiger partial charge on any atom is 0.308 e. The van der Waals surface area contributed by atoms with Crippen molar-refractivity contribution in [2.45, 2.75) is 32.3 Å². The highest BCUT2D eigenvalue weighted by atomic mass is 16.5. The van der Waals surface area contributed by atoms with E-state index < -0.39 is 0 Å². The molecule has 1 aromatic rings. The molecule has 0 bridgehead atoms. The Hall–Kier alpha value is -1.61. The van der Waals surface area contributed by atoms with E-state index in [1.54, 1.807) is 7.11 Å². The predicted octanol–water partition coefficient (Wildman–Crippen LogP) is 3.39. The van der Waals surface area contributed by atoms with Gasteiger partial charge in [-0.3, -0.25) is 4.79 Å². The zero-order valence-electron chi connectivity index (χ0n) is 12.4. The lowest BCUT2D eigenvalue weighted by Gasteiger charge is -2.18. The average molecular weight is 276 g/mol. The van der Waals surface area contributed by atoms with E-state index in [1.807, 2.05) is 31.2 Å². The number of benzene rings is 1. The number of carbonyl (C=O) groups excluding carboxylic acids is 1. The molecule has 0 amide bonds. The molecular formula is C17H24O3. The van der Waals surface area contributed by atoms with E-state index in [4.69, 9.17) is 9.47 Å². The van der Waals surface area contributed by atoms with Crippen LogP contribution in [0.3, 0.4) is 0 Å². The molecule has 3 nitrogen and oxygen atoms in total. The average Bonchev–Trinajstić information content (AvgIpc) is 2.45. The van der Waals surface area contributed by atoms with Crippen LogP contribution in [-0.2, 0) is 20.7 Å². The van der Waals surface area contributed by atoms with Crippen LogP contribution in [0.15, 0.2) is 43.0 Å². The summed E-state index contributed by atoms with van der Waals surface area (Å²) in [4.78, 5) is 11.5. The van der Waals surface area contributed by atoms with Crippen LogP contribution < -0.4 is 0 Å². The van der Waals surface area contributed by atoms with Crippen molar-refractivity contribution in [2.75, 3.05) is 13.7 Å². The second kappa shape index (κ2) is 9.32. The first-order chi connectivity index (χ1) is 9.65. The second-order valence-electron chi connectivity index (χ2n) is 4.96. The highest BCUT2D eigenvalue weighted by Gasteiger charge is 2.14. The molecule has 0 radical (unpaired) electrons. The molecule has 20 heavy (non-hydrogen) atoms. The Labute approximate surface area is 121 Å². The molecule has 0 saturated carbocycles. The van der Waals surface area contributed by atoms with Crippen molar-refractivity contribution in [2.24, 2.45) is 5.92 Å². The summed E-state index contributed by atoms with van der Waals surface area (Å²) in [6.07, 6.45) is 3.85. The Bertz CT molecular complexity index is 400. The largest absolute Gasteiger partial charge is 0.463 e. The molecule has 0 fully saturated rings. The van der Waals surface area contributed by atoms with Crippen LogP contribution in [0.1, 0.15) is 25.3 Å². The van der Waals surface area contributed by atoms with Crippen LogP contribution in [0.25, 0.3) is 0 Å². The van der Waals surface area contributed by atoms with Gasteiger partial charge in [0.05, 0.1) is 19.1 Å². The molecule has 0 aliphatic rings. The standard InChI is InChI=1S/C17H24O3/c1-4-15(13-16-8-6-5-7-9-16)12-14(2)20-17(18)10-11-19-3/h4-9,14-15H,1,10-13H2,2-3H3/t14-,15-/m0/s1. The van der Waals surface area contributed by atoms with Crippen LogP contribution in [0.5, 0.6) is 0 Å². The van der Waals surface area contributed by atoms with Gasteiger partial charge in [-0.05, 0) is 31.2 Å². The Morgan fingerprint density at radius 3 is 2.65 bits per heavy atom. The molecule has 0 spiro atoms. The van der Waals surface area contributed by atoms with Crippen LogP contribution >= 0.6 is 0 Å². The van der Waals surface area contributed by atoms with Crippen molar-refractivity contribution in [3.05, 3.63) is 48.6 Å². The first-order valence-corrected chi connectivity index (χ1v) is 7.00. The lowest BCUT2D eigenvalue weighted by Crippen LogP contribution is -2.19. The third kappa shape index (κ3) is 6.53. The molecule has 0 aliphatic heterocycles. The van der Waals surface area contributed by atoms with Crippen LogP contribution in [0, 0.1) is 5.92 Å². The van der Waals surface area contributed by atoms with E-state index in [0.717, 1.165) is 12.8 Å². The third-order valence-electron chi connectivity index (χ3n) is 3.15. The second-order valence-corrected chi connectivity index (χ2v) is 4.96. The number of methoxy groups -OCH3 is 1. The Balaban J connectivity index is 2.39. The maximum absolute atomic E-state index is 11.5. The van der Waals surface area contributed by atoms with Gasteiger partial charge in [-0.1, -0.05) is 36.4 Å². The number of hydrogen-bond acceptors (Lipinski definition) is 3. The predicted molar refractivity (Wildman–Crippen MR) is 80.5 cm³/mol. The van der Waals surface area contributed by atoms with Crippen molar-refractivity contribution in [1.82, 2.24) is 0 Å². The van der Waals surface area contributed by atoms with Crippen LogP contribution in [0.2, 0.25) is 0 Å². The molecule has 0 aliphatic carbocycles. The van der Waals surface area contributed by atoms with E-state index in [1.165, 1.54) is 5.56 Å². The molecular weight excluding hydrogens is 252 g/mol. The first kappa shape index (κ1) is 16.4. The fourth-order valence-corrected chi connectivity index (χ4v) is 2.12. The molecule has 0 saturated heterocycles. The van der Waals surface area contributed by atoms with Gasteiger partial charge in [0.25, 0.3) is 0 Å². The summed E-state index contributed by atoms with van der Waals surface area (Å²) in [7, 11) is 1.57. The summed E-state index contributed by atoms with van der Waals surface area (Å²) in [5, 5.41) is 0. The van der Waals surface area contributed by atoms with E-state index in [9.17, 15) is 4.79 Å². The van der Waals surface area contributed by atoms with Gasteiger partial charge in [-0.25, -0.2) is 0 Å². The summed E-state index contributed by atoms with van der Waals surface area (Å²) in [6, 6.07) is 10.3. The molecule has 0 N–H and O–H groups in total. The zero-order chi connectivity index (χ0) is 14.8. The Morgan fingerprint density at radius 1 is 1.35 bits per heavy atom. The minimum Gasteiger partial charge on any atom is -0.463 e. The molecule has 3 heteroatoms. The monoisotopic (exact) mass is 276 g/mol. The van der Waals surface area contributed by atoms with Gasteiger partial charge in [0.1, 0.15) is 0 Å². The van der Waals surface area contributed by atoms with Crippen molar-refractivity contribution in [3.8, 4) is 0 Å². The summed E-state index contributed by atoms with van der Waals surface area (Å²) >= 11 is 0. The van der Waals surface area contributed by atoms with Crippen molar-refractivity contribution < 1.29 is 14.3 Å². The Morgan fingerprint density at radius 2 is 2.05 bits per heavy atom. The van der Waals surface area contributed by atoms with Gasteiger partial charge in [0.2, 0.25) is 0 Å². The maximum atomic E-state index is 11.5. The van der Waals surface area contributed by atoms with Crippen LogP contribution in [-0.4, -0.2) is 25.8 Å². The summed E-state index contributed by atoms with van der Waals surface area (Å²) in [5.74, 6) is 0.101. The molecule has 1 aromatic carbocycles. The summed E-state index contributed by atoms with van der Waals surface area (Å²) in [5.41, 5.74) is 1.27. The highest BCUT2D eigenvalue weighted by Crippen LogP contribution is 2.17. The summed E-state index contributed by atoms with van der Waals surface area (Å²) in [6.45, 7) is 6.20. The summed E-state index contributed by atoms with van der Waals surface area (Å²) < 4.78 is 10.2. The Kier molecular flexibility index (Phi) is 7.66. The fraction of sp³-hybridized carbons (Fsp3) is 0.471. The first-order valence-electron chi connectivity index (χ1n) is 7.00. The van der Waals surface area contributed by atoms with E-state index >= 15 is 0 Å². The van der Waals surface area contributed by atoms with Gasteiger partial charge in [0.15, 0.2) is 0 Å². The zero-order valence-corrected chi connectivity index (χ0v) is 12.4. The molecule has 0 unspecified atom stereocenters. The number of hydrogen-bond donors (Lipinski definition) is 0. The van der Waals surface area contributed by atoms with Gasteiger partial charge in [-0.15, -0.1) is 6.58 Å². The van der Waals surface area contributed by atoms with E-state index in [-0.39, 0.29) is 12.1 Å². The fourth-order valence-electron chi connectivity index (χ4n) is 2.12. The number of ether oxygens (including phenoxy) is 2. The van der Waals surface area contributed by atoms with E-state index in [2.05, 4.69) is 18.7 Å².